The molecular weight excluding hydrogens is 280 g/mol. The summed E-state index contributed by atoms with van der Waals surface area (Å²) in [5.41, 5.74) is 3.06. The van der Waals surface area contributed by atoms with Gasteiger partial charge >= 0.3 is 0 Å². The Kier molecular flexibility index (Phi) is 3.18. The third kappa shape index (κ3) is 2.28. The first-order chi connectivity index (χ1) is 10.8. The molecule has 1 aromatic carbocycles. The van der Waals surface area contributed by atoms with Gasteiger partial charge in [-0.2, -0.15) is 0 Å². The van der Waals surface area contributed by atoms with Crippen molar-refractivity contribution >= 4 is 11.6 Å². The minimum Gasteiger partial charge on any atom is -0.486 e. The molecule has 5 nitrogen and oxygen atoms in total. The summed E-state index contributed by atoms with van der Waals surface area (Å²) in [6.07, 6.45) is 4.80. The van der Waals surface area contributed by atoms with Crippen molar-refractivity contribution in [3.63, 3.8) is 0 Å². The van der Waals surface area contributed by atoms with Crippen molar-refractivity contribution in [2.45, 2.75) is 12.8 Å². The Balaban J connectivity index is 1.53. The van der Waals surface area contributed by atoms with E-state index in [2.05, 4.69) is 4.98 Å². The molecule has 0 unspecified atom stereocenters. The number of hydrogen-bond donors (Lipinski definition) is 0. The lowest BCUT2D eigenvalue weighted by Gasteiger charge is -2.20. The van der Waals surface area contributed by atoms with Crippen LogP contribution in [0, 0.1) is 0 Å². The summed E-state index contributed by atoms with van der Waals surface area (Å²) in [5, 5.41) is 0. The quantitative estimate of drug-likeness (QED) is 0.850. The summed E-state index contributed by atoms with van der Waals surface area (Å²) in [6, 6.07) is 7.61. The van der Waals surface area contributed by atoms with Crippen LogP contribution in [0.2, 0.25) is 0 Å². The van der Waals surface area contributed by atoms with Gasteiger partial charge in [0.05, 0.1) is 6.42 Å². The number of hydrogen-bond acceptors (Lipinski definition) is 4. The first-order valence-corrected chi connectivity index (χ1v) is 7.43. The zero-order valence-electron chi connectivity index (χ0n) is 12.1. The van der Waals surface area contributed by atoms with Gasteiger partial charge in [-0.15, -0.1) is 0 Å². The number of benzene rings is 1. The van der Waals surface area contributed by atoms with E-state index in [1.54, 1.807) is 6.20 Å². The van der Waals surface area contributed by atoms with Crippen molar-refractivity contribution in [3.8, 4) is 11.5 Å². The molecule has 0 atom stereocenters. The van der Waals surface area contributed by atoms with Crippen LogP contribution < -0.4 is 14.4 Å². The van der Waals surface area contributed by atoms with E-state index in [0.717, 1.165) is 41.3 Å². The second kappa shape index (κ2) is 5.33. The fraction of sp³-hybridized carbons (Fsp3) is 0.294. The van der Waals surface area contributed by atoms with E-state index in [9.17, 15) is 4.79 Å². The molecular formula is C17H16N2O3. The van der Waals surface area contributed by atoms with Crippen LogP contribution in [0.3, 0.4) is 0 Å². The molecule has 0 fully saturated rings. The van der Waals surface area contributed by atoms with Crippen LogP contribution in [-0.4, -0.2) is 30.6 Å². The summed E-state index contributed by atoms with van der Waals surface area (Å²) in [6.45, 7) is 1.85. The standard InChI is InChI=1S/C17H16N2O3/c20-17(19-6-4-13-11-18-5-3-14(13)19)10-12-1-2-15-16(9-12)22-8-7-21-15/h1-3,5,9,11H,4,6-8,10H2. The molecule has 2 aromatic rings. The number of ether oxygens (including phenoxy) is 2. The summed E-state index contributed by atoms with van der Waals surface area (Å²) in [5.74, 6) is 1.57. The van der Waals surface area contributed by atoms with Crippen LogP contribution in [-0.2, 0) is 17.6 Å². The summed E-state index contributed by atoms with van der Waals surface area (Å²) in [4.78, 5) is 18.5. The van der Waals surface area contributed by atoms with E-state index in [1.165, 1.54) is 0 Å². The van der Waals surface area contributed by atoms with Gasteiger partial charge in [0, 0.05) is 24.6 Å². The third-order valence-electron chi connectivity index (χ3n) is 4.04. The number of amides is 1. The Morgan fingerprint density at radius 3 is 2.95 bits per heavy atom. The largest absolute Gasteiger partial charge is 0.486 e. The smallest absolute Gasteiger partial charge is 0.231 e. The molecule has 5 heteroatoms. The third-order valence-corrected chi connectivity index (χ3v) is 4.04. The molecule has 0 N–H and O–H groups in total. The van der Waals surface area contributed by atoms with Gasteiger partial charge in [0.2, 0.25) is 5.91 Å². The van der Waals surface area contributed by atoms with E-state index >= 15 is 0 Å². The Morgan fingerprint density at radius 2 is 2.05 bits per heavy atom. The van der Waals surface area contributed by atoms with Crippen LogP contribution in [0.4, 0.5) is 5.69 Å². The van der Waals surface area contributed by atoms with Crippen molar-refractivity contribution < 1.29 is 14.3 Å². The number of aromatic nitrogens is 1. The van der Waals surface area contributed by atoms with Gasteiger partial charge in [-0.3, -0.25) is 9.78 Å². The molecule has 112 valence electrons. The van der Waals surface area contributed by atoms with Crippen molar-refractivity contribution in [1.29, 1.82) is 0 Å². The number of pyridine rings is 1. The highest BCUT2D eigenvalue weighted by atomic mass is 16.6. The van der Waals surface area contributed by atoms with Gasteiger partial charge in [-0.1, -0.05) is 6.07 Å². The molecule has 0 aliphatic carbocycles. The second-order valence-electron chi connectivity index (χ2n) is 5.45. The molecule has 0 bridgehead atoms. The van der Waals surface area contributed by atoms with Gasteiger partial charge in [-0.25, -0.2) is 0 Å². The number of nitrogens with zero attached hydrogens (tertiary/aromatic N) is 2. The van der Waals surface area contributed by atoms with E-state index in [4.69, 9.17) is 9.47 Å². The molecule has 0 spiro atoms. The Hall–Kier alpha value is -2.56. The van der Waals surface area contributed by atoms with E-state index in [-0.39, 0.29) is 5.91 Å². The van der Waals surface area contributed by atoms with Gasteiger partial charge in [0.25, 0.3) is 0 Å². The number of fused-ring (bicyclic) bond motifs is 2. The fourth-order valence-corrected chi connectivity index (χ4v) is 2.96. The van der Waals surface area contributed by atoms with Crippen molar-refractivity contribution in [3.05, 3.63) is 47.8 Å². The van der Waals surface area contributed by atoms with Crippen LogP contribution >= 0.6 is 0 Å². The normalized spacial score (nSPS) is 15.5. The first kappa shape index (κ1) is 13.1. The van der Waals surface area contributed by atoms with E-state index < -0.39 is 0 Å². The zero-order valence-corrected chi connectivity index (χ0v) is 12.1. The molecule has 3 heterocycles. The maximum absolute atomic E-state index is 12.6. The Morgan fingerprint density at radius 1 is 1.18 bits per heavy atom. The highest BCUT2D eigenvalue weighted by molar-refractivity contribution is 5.96. The van der Waals surface area contributed by atoms with Gasteiger partial charge in [-0.05, 0) is 35.7 Å². The second-order valence-corrected chi connectivity index (χ2v) is 5.45. The lowest BCUT2D eigenvalue weighted by atomic mass is 10.1. The maximum Gasteiger partial charge on any atom is 0.231 e. The molecule has 0 saturated carbocycles. The molecule has 0 saturated heterocycles. The first-order valence-electron chi connectivity index (χ1n) is 7.43. The predicted molar refractivity (Wildman–Crippen MR) is 81.4 cm³/mol. The SMILES string of the molecule is O=C(Cc1ccc2c(c1)OCCO2)N1CCc2cnccc21. The van der Waals surface area contributed by atoms with Crippen LogP contribution in [0.25, 0.3) is 0 Å². The fourth-order valence-electron chi connectivity index (χ4n) is 2.96. The van der Waals surface area contributed by atoms with Crippen LogP contribution in [0.5, 0.6) is 11.5 Å². The average Bonchev–Trinajstić information content (AvgIpc) is 2.99. The van der Waals surface area contributed by atoms with Crippen molar-refractivity contribution in [1.82, 2.24) is 4.98 Å². The van der Waals surface area contributed by atoms with Gasteiger partial charge in [0.15, 0.2) is 11.5 Å². The van der Waals surface area contributed by atoms with Crippen LogP contribution in [0.1, 0.15) is 11.1 Å². The zero-order chi connectivity index (χ0) is 14.9. The lowest BCUT2D eigenvalue weighted by Crippen LogP contribution is -2.30. The minimum atomic E-state index is 0.0987. The summed E-state index contributed by atoms with van der Waals surface area (Å²) < 4.78 is 11.1. The summed E-state index contributed by atoms with van der Waals surface area (Å²) in [7, 11) is 0. The van der Waals surface area contributed by atoms with Gasteiger partial charge < -0.3 is 14.4 Å². The Labute approximate surface area is 128 Å². The molecule has 0 radical (unpaired) electrons. The average molecular weight is 296 g/mol. The monoisotopic (exact) mass is 296 g/mol. The molecule has 1 aromatic heterocycles. The lowest BCUT2D eigenvalue weighted by molar-refractivity contribution is -0.117. The topological polar surface area (TPSA) is 51.7 Å². The van der Waals surface area contributed by atoms with Gasteiger partial charge in [0.1, 0.15) is 13.2 Å². The molecule has 2 aliphatic rings. The summed E-state index contributed by atoms with van der Waals surface area (Å²) >= 11 is 0. The number of rotatable bonds is 2. The molecule has 4 rings (SSSR count). The molecule has 2 aliphatic heterocycles. The highest BCUT2D eigenvalue weighted by Gasteiger charge is 2.24. The van der Waals surface area contributed by atoms with Crippen molar-refractivity contribution in [2.75, 3.05) is 24.7 Å². The predicted octanol–water partition coefficient (Wildman–Crippen LogP) is 1.98. The van der Waals surface area contributed by atoms with E-state index in [0.29, 0.717) is 19.6 Å². The number of carbonyl (C=O) groups is 1. The van der Waals surface area contributed by atoms with E-state index in [1.807, 2.05) is 35.4 Å². The molecule has 1 amide bonds. The molecule has 22 heavy (non-hydrogen) atoms. The van der Waals surface area contributed by atoms with Crippen LogP contribution in [0.15, 0.2) is 36.7 Å². The minimum absolute atomic E-state index is 0.0987. The Bertz CT molecular complexity index is 730. The maximum atomic E-state index is 12.6. The number of anilines is 1. The number of carbonyl (C=O) groups excluding carboxylic acids is 1. The highest BCUT2D eigenvalue weighted by Crippen LogP contribution is 2.32. The van der Waals surface area contributed by atoms with Crippen molar-refractivity contribution in [2.24, 2.45) is 0 Å².